The highest BCUT2D eigenvalue weighted by molar-refractivity contribution is 7.98. The lowest BCUT2D eigenvalue weighted by Gasteiger charge is -2.11. The standard InChI is InChI=1S/C22H23N5O4S/c1-3-13-26-20(16-8-10-18(11-9-16)27(29)30)24-25-22(26)32-15-17-6-4-5-7-19(17)21(28)23-12-14-31-2/h3-11H,1,12-15H2,2H3,(H,23,28). The third-order valence-corrected chi connectivity index (χ3v) is 5.59. The molecule has 0 fully saturated rings. The summed E-state index contributed by atoms with van der Waals surface area (Å²) in [5.74, 6) is 0.953. The van der Waals surface area contributed by atoms with E-state index in [1.54, 1.807) is 31.4 Å². The fourth-order valence-corrected chi connectivity index (χ4v) is 3.96. The number of nitrogens with one attached hydrogen (secondary N) is 1. The number of non-ortho nitro benzene ring substituents is 1. The predicted octanol–water partition coefficient (Wildman–Crippen LogP) is 3.71. The number of allylic oxidation sites excluding steroid dienone is 1. The van der Waals surface area contributed by atoms with E-state index in [2.05, 4.69) is 22.1 Å². The monoisotopic (exact) mass is 453 g/mol. The maximum atomic E-state index is 12.5. The fourth-order valence-electron chi connectivity index (χ4n) is 3.01. The molecular weight excluding hydrogens is 430 g/mol. The van der Waals surface area contributed by atoms with Gasteiger partial charge >= 0.3 is 0 Å². The number of carbonyl (C=O) groups is 1. The molecule has 0 aliphatic rings. The number of nitro groups is 1. The number of methoxy groups -OCH3 is 1. The van der Waals surface area contributed by atoms with E-state index in [0.717, 1.165) is 11.1 Å². The molecule has 0 saturated carbocycles. The fraction of sp³-hybridized carbons (Fsp3) is 0.227. The van der Waals surface area contributed by atoms with Crippen molar-refractivity contribution in [3.63, 3.8) is 0 Å². The van der Waals surface area contributed by atoms with Gasteiger partial charge in [-0.05, 0) is 23.8 Å². The molecule has 0 spiro atoms. The Morgan fingerprint density at radius 2 is 2.00 bits per heavy atom. The lowest BCUT2D eigenvalue weighted by molar-refractivity contribution is -0.384. The number of rotatable bonds is 11. The van der Waals surface area contributed by atoms with Crippen molar-refractivity contribution in [2.75, 3.05) is 20.3 Å². The first-order valence-electron chi connectivity index (χ1n) is 9.82. The van der Waals surface area contributed by atoms with Crippen molar-refractivity contribution in [1.82, 2.24) is 20.1 Å². The minimum atomic E-state index is -0.442. The van der Waals surface area contributed by atoms with Gasteiger partial charge in [0.25, 0.3) is 11.6 Å². The zero-order valence-corrected chi connectivity index (χ0v) is 18.4. The number of nitro benzene ring substituents is 1. The van der Waals surface area contributed by atoms with Gasteiger partial charge in [-0.1, -0.05) is 36.0 Å². The maximum absolute atomic E-state index is 12.5. The van der Waals surface area contributed by atoms with Crippen LogP contribution >= 0.6 is 11.8 Å². The van der Waals surface area contributed by atoms with Crippen LogP contribution in [0.3, 0.4) is 0 Å². The van der Waals surface area contributed by atoms with Gasteiger partial charge in [0.05, 0.1) is 11.5 Å². The molecule has 2 aromatic carbocycles. The molecule has 1 amide bonds. The van der Waals surface area contributed by atoms with Crippen molar-refractivity contribution < 1.29 is 14.5 Å². The smallest absolute Gasteiger partial charge is 0.269 e. The molecule has 1 aromatic heterocycles. The van der Waals surface area contributed by atoms with Crippen LogP contribution in [-0.4, -0.2) is 45.9 Å². The summed E-state index contributed by atoms with van der Waals surface area (Å²) in [5, 5.41) is 23.0. The average molecular weight is 454 g/mol. The number of hydrogen-bond donors (Lipinski definition) is 1. The average Bonchev–Trinajstić information content (AvgIpc) is 3.20. The van der Waals surface area contributed by atoms with Gasteiger partial charge in [-0.25, -0.2) is 0 Å². The van der Waals surface area contributed by atoms with E-state index in [9.17, 15) is 14.9 Å². The van der Waals surface area contributed by atoms with E-state index in [-0.39, 0.29) is 11.6 Å². The van der Waals surface area contributed by atoms with E-state index in [4.69, 9.17) is 4.74 Å². The second-order valence-corrected chi connectivity index (χ2v) is 7.65. The van der Waals surface area contributed by atoms with Crippen LogP contribution < -0.4 is 5.32 Å². The molecule has 166 valence electrons. The van der Waals surface area contributed by atoms with Crippen LogP contribution in [0.5, 0.6) is 0 Å². The summed E-state index contributed by atoms with van der Waals surface area (Å²) in [4.78, 5) is 23.0. The van der Waals surface area contributed by atoms with Crippen LogP contribution in [0.1, 0.15) is 15.9 Å². The highest BCUT2D eigenvalue weighted by Gasteiger charge is 2.17. The number of ether oxygens (including phenoxy) is 1. The highest BCUT2D eigenvalue weighted by Crippen LogP contribution is 2.28. The molecular formula is C22H23N5O4S. The summed E-state index contributed by atoms with van der Waals surface area (Å²) in [5.41, 5.74) is 2.20. The molecule has 0 saturated heterocycles. The summed E-state index contributed by atoms with van der Waals surface area (Å²) < 4.78 is 6.87. The largest absolute Gasteiger partial charge is 0.383 e. The van der Waals surface area contributed by atoms with Gasteiger partial charge in [0.1, 0.15) is 0 Å². The molecule has 1 N–H and O–H groups in total. The zero-order chi connectivity index (χ0) is 22.9. The normalized spacial score (nSPS) is 10.7. The molecule has 0 unspecified atom stereocenters. The number of aromatic nitrogens is 3. The van der Waals surface area contributed by atoms with Crippen LogP contribution in [0.25, 0.3) is 11.4 Å². The van der Waals surface area contributed by atoms with Gasteiger partial charge in [-0.2, -0.15) is 0 Å². The molecule has 3 rings (SSSR count). The second kappa shape index (κ2) is 11.2. The Labute approximate surface area is 189 Å². The minimum Gasteiger partial charge on any atom is -0.383 e. The topological polar surface area (TPSA) is 112 Å². The number of amides is 1. The first-order valence-corrected chi connectivity index (χ1v) is 10.8. The van der Waals surface area contributed by atoms with E-state index in [0.29, 0.717) is 42.0 Å². The minimum absolute atomic E-state index is 0.0125. The summed E-state index contributed by atoms with van der Waals surface area (Å²) in [6, 6.07) is 13.6. The summed E-state index contributed by atoms with van der Waals surface area (Å²) in [6.07, 6.45) is 1.74. The van der Waals surface area contributed by atoms with Gasteiger partial charge in [-0.15, -0.1) is 16.8 Å². The third-order valence-electron chi connectivity index (χ3n) is 4.58. The molecule has 9 nitrogen and oxygen atoms in total. The first-order chi connectivity index (χ1) is 15.5. The molecule has 1 heterocycles. The zero-order valence-electron chi connectivity index (χ0n) is 17.6. The van der Waals surface area contributed by atoms with Gasteiger partial charge in [0.2, 0.25) is 0 Å². The highest BCUT2D eigenvalue weighted by atomic mass is 32.2. The van der Waals surface area contributed by atoms with E-state index < -0.39 is 4.92 Å². The molecule has 0 radical (unpaired) electrons. The lowest BCUT2D eigenvalue weighted by Crippen LogP contribution is -2.27. The van der Waals surface area contributed by atoms with Crippen molar-refractivity contribution in [2.45, 2.75) is 17.5 Å². The molecule has 10 heteroatoms. The Balaban J connectivity index is 1.80. The number of thioether (sulfide) groups is 1. The maximum Gasteiger partial charge on any atom is 0.269 e. The Morgan fingerprint density at radius 3 is 2.69 bits per heavy atom. The van der Waals surface area contributed by atoms with Gasteiger partial charge in [-0.3, -0.25) is 19.5 Å². The summed E-state index contributed by atoms with van der Waals surface area (Å²) >= 11 is 1.45. The molecule has 0 aliphatic carbocycles. The SMILES string of the molecule is C=CCn1c(SCc2ccccc2C(=O)NCCOC)nnc1-c1ccc([N+](=O)[O-])cc1. The number of nitrogens with zero attached hydrogens (tertiary/aromatic N) is 4. The van der Waals surface area contributed by atoms with E-state index >= 15 is 0 Å². The van der Waals surface area contributed by atoms with Crippen LogP contribution in [-0.2, 0) is 17.0 Å². The molecule has 32 heavy (non-hydrogen) atoms. The van der Waals surface area contributed by atoms with Crippen molar-refractivity contribution in [1.29, 1.82) is 0 Å². The van der Waals surface area contributed by atoms with Crippen molar-refractivity contribution in [3.05, 3.63) is 82.4 Å². The van der Waals surface area contributed by atoms with Crippen LogP contribution in [0.15, 0.2) is 66.3 Å². The predicted molar refractivity (Wildman–Crippen MR) is 123 cm³/mol. The van der Waals surface area contributed by atoms with Crippen LogP contribution in [0.4, 0.5) is 5.69 Å². The van der Waals surface area contributed by atoms with Gasteiger partial charge in [0.15, 0.2) is 11.0 Å². The van der Waals surface area contributed by atoms with E-state index in [1.165, 1.54) is 23.9 Å². The number of hydrogen-bond acceptors (Lipinski definition) is 7. The summed E-state index contributed by atoms with van der Waals surface area (Å²) in [7, 11) is 1.58. The number of benzene rings is 2. The molecule has 0 bridgehead atoms. The lowest BCUT2D eigenvalue weighted by atomic mass is 10.1. The van der Waals surface area contributed by atoms with E-state index in [1.807, 2.05) is 22.8 Å². The summed E-state index contributed by atoms with van der Waals surface area (Å²) in [6.45, 7) is 5.15. The Bertz CT molecular complexity index is 1100. The Kier molecular flexibility index (Phi) is 8.12. The first kappa shape index (κ1) is 23.2. The van der Waals surface area contributed by atoms with Crippen LogP contribution in [0.2, 0.25) is 0 Å². The van der Waals surface area contributed by atoms with Crippen molar-refractivity contribution in [3.8, 4) is 11.4 Å². The third kappa shape index (κ3) is 5.59. The molecule has 0 atom stereocenters. The number of carbonyl (C=O) groups excluding carboxylic acids is 1. The molecule has 3 aromatic rings. The van der Waals surface area contributed by atoms with Crippen molar-refractivity contribution >= 4 is 23.4 Å². The van der Waals surface area contributed by atoms with Crippen molar-refractivity contribution in [2.24, 2.45) is 0 Å². The Morgan fingerprint density at radius 1 is 1.25 bits per heavy atom. The van der Waals surface area contributed by atoms with Gasteiger partial charge in [0, 0.05) is 49.2 Å². The van der Waals surface area contributed by atoms with Crippen LogP contribution in [0, 0.1) is 10.1 Å². The Hall–Kier alpha value is -3.50. The quantitative estimate of drug-likeness (QED) is 0.155. The van der Waals surface area contributed by atoms with Gasteiger partial charge < -0.3 is 10.1 Å². The molecule has 0 aliphatic heterocycles. The second-order valence-electron chi connectivity index (χ2n) is 6.70.